The number of nitrogens with zero attached hydrogens (tertiary/aromatic N) is 1. The molecule has 0 fully saturated rings. The average Bonchev–Trinajstić information content (AvgIpc) is 2.78. The molecule has 3 N–H and O–H groups in total. The quantitative estimate of drug-likeness (QED) is 0.818. The summed E-state index contributed by atoms with van der Waals surface area (Å²) < 4.78 is 37.4. The second-order valence-electron chi connectivity index (χ2n) is 4.51. The van der Waals surface area contributed by atoms with Gasteiger partial charge in [-0.25, -0.2) is 0 Å². The van der Waals surface area contributed by atoms with Crippen LogP contribution in [-0.4, -0.2) is 41.7 Å². The zero-order valence-corrected chi connectivity index (χ0v) is 13.2. The third-order valence-electron chi connectivity index (χ3n) is 3.21. The number of aromatic amines is 1. The normalized spacial score (nSPS) is 11.1. The molecule has 0 atom stereocenters. The van der Waals surface area contributed by atoms with Gasteiger partial charge in [-0.1, -0.05) is 20.8 Å². The van der Waals surface area contributed by atoms with E-state index >= 15 is 0 Å². The van der Waals surface area contributed by atoms with Crippen LogP contribution in [0.5, 0.6) is 0 Å². The molecule has 0 aliphatic carbocycles. The molecule has 1 amide bonds. The number of carbonyl (C=O) groups is 2. The molecule has 0 unspecified atom stereocenters. The Morgan fingerprint density at radius 3 is 1.91 bits per heavy atom. The summed E-state index contributed by atoms with van der Waals surface area (Å²) in [6, 6.07) is 0. The predicted molar refractivity (Wildman–Crippen MR) is 77.9 cm³/mol. The maximum absolute atomic E-state index is 12.5. The molecule has 126 valence electrons. The number of aldehydes is 1. The number of carbonyl (C=O) groups excluding carboxylic acids is 2. The molecule has 1 rings (SSSR count). The second kappa shape index (κ2) is 8.57. The minimum atomic E-state index is -4.79. The fourth-order valence-corrected chi connectivity index (χ4v) is 2.01. The van der Waals surface area contributed by atoms with Crippen LogP contribution in [0, 0.1) is 6.92 Å². The van der Waals surface area contributed by atoms with Gasteiger partial charge in [0, 0.05) is 5.69 Å². The van der Waals surface area contributed by atoms with Gasteiger partial charge in [0.15, 0.2) is 6.29 Å². The first kappa shape index (κ1) is 20.2. The van der Waals surface area contributed by atoms with E-state index in [0.29, 0.717) is 0 Å². The van der Waals surface area contributed by atoms with Crippen molar-refractivity contribution < 1.29 is 22.8 Å². The van der Waals surface area contributed by atoms with E-state index in [1.165, 1.54) is 26.6 Å². The van der Waals surface area contributed by atoms with Crippen LogP contribution >= 0.6 is 0 Å². The van der Waals surface area contributed by atoms with E-state index in [2.05, 4.69) is 30.7 Å². The summed E-state index contributed by atoms with van der Waals surface area (Å²) in [5.74, 6) is -1.22. The molecule has 1 aromatic heterocycles. The van der Waals surface area contributed by atoms with Crippen molar-refractivity contribution in [2.45, 2.75) is 33.9 Å². The van der Waals surface area contributed by atoms with Gasteiger partial charge in [0.25, 0.3) is 5.91 Å². The SMILES string of the molecule is CCN(CC)CC.Cc1[nH]c(C=O)c(C(F)(F)F)c1C(N)=O. The molecule has 0 bridgehead atoms. The molecule has 0 spiro atoms. The highest BCUT2D eigenvalue weighted by molar-refractivity contribution is 5.98. The highest BCUT2D eigenvalue weighted by Crippen LogP contribution is 2.35. The number of amides is 1. The van der Waals surface area contributed by atoms with Crippen LogP contribution in [0.4, 0.5) is 13.2 Å². The number of rotatable bonds is 5. The largest absolute Gasteiger partial charge is 0.419 e. The number of nitrogens with two attached hydrogens (primary N) is 1. The molecule has 8 heteroatoms. The number of aromatic nitrogens is 1. The van der Waals surface area contributed by atoms with Gasteiger partial charge in [-0.2, -0.15) is 13.2 Å². The lowest BCUT2D eigenvalue weighted by atomic mass is 10.1. The Kier molecular flexibility index (Phi) is 7.86. The Bertz CT molecular complexity index is 501. The van der Waals surface area contributed by atoms with E-state index in [4.69, 9.17) is 5.73 Å². The van der Waals surface area contributed by atoms with E-state index in [0.717, 1.165) is 0 Å². The van der Waals surface area contributed by atoms with Crippen LogP contribution in [0.3, 0.4) is 0 Å². The van der Waals surface area contributed by atoms with E-state index in [-0.39, 0.29) is 12.0 Å². The number of nitrogens with one attached hydrogen (secondary N) is 1. The maximum atomic E-state index is 12.5. The third kappa shape index (κ3) is 5.18. The van der Waals surface area contributed by atoms with E-state index in [1.54, 1.807) is 0 Å². The lowest BCUT2D eigenvalue weighted by Crippen LogP contribution is -2.21. The summed E-state index contributed by atoms with van der Waals surface area (Å²) in [4.78, 5) is 25.7. The van der Waals surface area contributed by atoms with Crippen LogP contribution < -0.4 is 5.73 Å². The van der Waals surface area contributed by atoms with Gasteiger partial charge < -0.3 is 15.6 Å². The molecule has 0 aliphatic heterocycles. The van der Waals surface area contributed by atoms with Gasteiger partial charge in [0.1, 0.15) is 0 Å². The number of primary amides is 1. The number of H-pyrrole nitrogens is 1. The fourth-order valence-electron chi connectivity index (χ4n) is 2.01. The van der Waals surface area contributed by atoms with Crippen molar-refractivity contribution >= 4 is 12.2 Å². The fraction of sp³-hybridized carbons (Fsp3) is 0.571. The van der Waals surface area contributed by atoms with Gasteiger partial charge in [-0.3, -0.25) is 9.59 Å². The smallest absolute Gasteiger partial charge is 0.366 e. The Balaban J connectivity index is 0.000000534. The first-order valence-corrected chi connectivity index (χ1v) is 6.90. The van der Waals surface area contributed by atoms with Gasteiger partial charge >= 0.3 is 6.18 Å². The summed E-state index contributed by atoms with van der Waals surface area (Å²) in [5, 5.41) is 0. The summed E-state index contributed by atoms with van der Waals surface area (Å²) in [6.07, 6.45) is -4.78. The highest BCUT2D eigenvalue weighted by atomic mass is 19.4. The standard InChI is InChI=1S/C8H7F3N2O2.C6H15N/c1-3-5(7(12)15)6(8(9,10)11)4(2-14)13-3;1-4-7(5-2)6-3/h2,13H,1H3,(H2,12,15);4-6H2,1-3H3. The Morgan fingerprint density at radius 1 is 1.23 bits per heavy atom. The summed E-state index contributed by atoms with van der Waals surface area (Å²) in [5.41, 5.74) is 2.05. The monoisotopic (exact) mass is 321 g/mol. The first-order chi connectivity index (χ1) is 10.1. The Labute approximate surface area is 127 Å². The van der Waals surface area contributed by atoms with Crippen molar-refractivity contribution in [2.24, 2.45) is 5.73 Å². The second-order valence-corrected chi connectivity index (χ2v) is 4.51. The highest BCUT2D eigenvalue weighted by Gasteiger charge is 2.40. The van der Waals surface area contributed by atoms with E-state index < -0.39 is 28.9 Å². The summed E-state index contributed by atoms with van der Waals surface area (Å²) in [6.45, 7) is 11.4. The van der Waals surface area contributed by atoms with Crippen molar-refractivity contribution in [1.82, 2.24) is 9.88 Å². The van der Waals surface area contributed by atoms with Gasteiger partial charge in [0.05, 0.1) is 16.8 Å². The van der Waals surface area contributed by atoms with Crippen LogP contribution in [0.15, 0.2) is 0 Å². The predicted octanol–water partition coefficient (Wildman–Crippen LogP) is 2.60. The topological polar surface area (TPSA) is 79.2 Å². The van der Waals surface area contributed by atoms with Crippen molar-refractivity contribution in [3.8, 4) is 0 Å². The van der Waals surface area contributed by atoms with Crippen LogP contribution in [0.25, 0.3) is 0 Å². The molecule has 0 aliphatic rings. The lowest BCUT2D eigenvalue weighted by molar-refractivity contribution is -0.138. The zero-order chi connectivity index (χ0) is 17.5. The summed E-state index contributed by atoms with van der Waals surface area (Å²) in [7, 11) is 0. The van der Waals surface area contributed by atoms with Gasteiger partial charge in [-0.05, 0) is 26.6 Å². The van der Waals surface area contributed by atoms with Crippen molar-refractivity contribution in [3.05, 3.63) is 22.5 Å². The molecule has 0 aromatic carbocycles. The van der Waals surface area contributed by atoms with Crippen LogP contribution in [-0.2, 0) is 6.18 Å². The number of hydrogen-bond acceptors (Lipinski definition) is 3. The van der Waals surface area contributed by atoms with Crippen molar-refractivity contribution in [2.75, 3.05) is 19.6 Å². The number of alkyl halides is 3. The minimum Gasteiger partial charge on any atom is -0.366 e. The van der Waals surface area contributed by atoms with Crippen LogP contribution in [0.1, 0.15) is 52.9 Å². The zero-order valence-electron chi connectivity index (χ0n) is 13.2. The molecule has 0 radical (unpaired) electrons. The first-order valence-electron chi connectivity index (χ1n) is 6.90. The van der Waals surface area contributed by atoms with E-state index in [9.17, 15) is 22.8 Å². The molecule has 0 saturated carbocycles. The lowest BCUT2D eigenvalue weighted by Gasteiger charge is -2.13. The Morgan fingerprint density at radius 2 is 1.68 bits per heavy atom. The molecule has 0 saturated heterocycles. The van der Waals surface area contributed by atoms with Crippen molar-refractivity contribution in [3.63, 3.8) is 0 Å². The molecule has 5 nitrogen and oxygen atoms in total. The average molecular weight is 321 g/mol. The van der Waals surface area contributed by atoms with Crippen LogP contribution in [0.2, 0.25) is 0 Å². The minimum absolute atomic E-state index is 0.00225. The van der Waals surface area contributed by atoms with Crippen molar-refractivity contribution in [1.29, 1.82) is 0 Å². The number of hydrogen-bond donors (Lipinski definition) is 2. The molecule has 1 aromatic rings. The molecular formula is C14H22F3N3O2. The van der Waals surface area contributed by atoms with Gasteiger partial charge in [0.2, 0.25) is 0 Å². The number of halogens is 3. The van der Waals surface area contributed by atoms with Gasteiger partial charge in [-0.15, -0.1) is 0 Å². The molecule has 22 heavy (non-hydrogen) atoms. The summed E-state index contributed by atoms with van der Waals surface area (Å²) >= 11 is 0. The van der Waals surface area contributed by atoms with E-state index in [1.807, 2.05) is 0 Å². The third-order valence-corrected chi connectivity index (χ3v) is 3.21. The number of aryl methyl sites for hydroxylation is 1. The molecular weight excluding hydrogens is 299 g/mol. The maximum Gasteiger partial charge on any atom is 0.419 e. The Hall–Kier alpha value is -1.83. The molecule has 1 heterocycles.